The summed E-state index contributed by atoms with van der Waals surface area (Å²) in [6.07, 6.45) is 6.72. The van der Waals surface area contributed by atoms with Gasteiger partial charge in [0, 0.05) is 18.3 Å². The lowest BCUT2D eigenvalue weighted by atomic mass is 9.85. The molecule has 0 aromatic heterocycles. The van der Waals surface area contributed by atoms with Crippen LogP contribution in [-0.2, 0) is 6.42 Å². The molecule has 0 radical (unpaired) electrons. The first-order valence-electron chi connectivity index (χ1n) is 7.21. The average Bonchev–Trinajstić information content (AvgIpc) is 2.38. The molecule has 18 heavy (non-hydrogen) atoms. The number of nitrogens with two attached hydrogens (primary N) is 1. The first-order valence-corrected chi connectivity index (χ1v) is 7.21. The summed E-state index contributed by atoms with van der Waals surface area (Å²) < 4.78 is 0. The molecule has 2 rings (SSSR count). The van der Waals surface area contributed by atoms with Crippen molar-refractivity contribution < 1.29 is 0 Å². The third-order valence-electron chi connectivity index (χ3n) is 4.37. The van der Waals surface area contributed by atoms with Crippen molar-refractivity contribution in [1.29, 1.82) is 0 Å². The number of hydrogen-bond donors (Lipinski definition) is 1. The molecule has 2 N–H and O–H groups in total. The molecule has 0 amide bonds. The zero-order valence-electron chi connectivity index (χ0n) is 11.7. The van der Waals surface area contributed by atoms with E-state index in [4.69, 9.17) is 5.73 Å². The van der Waals surface area contributed by atoms with Crippen LogP contribution in [0.4, 0.5) is 5.69 Å². The largest absolute Gasteiger partial charge is 0.399 e. The van der Waals surface area contributed by atoms with Crippen molar-refractivity contribution >= 4 is 5.69 Å². The van der Waals surface area contributed by atoms with E-state index < -0.39 is 0 Å². The van der Waals surface area contributed by atoms with E-state index >= 15 is 0 Å². The van der Waals surface area contributed by atoms with Gasteiger partial charge in [0.1, 0.15) is 0 Å². The number of nitrogens with zero attached hydrogens (tertiary/aromatic N) is 1. The molecule has 0 heterocycles. The molecule has 0 saturated heterocycles. The Morgan fingerprint density at radius 3 is 2.50 bits per heavy atom. The van der Waals surface area contributed by atoms with Crippen LogP contribution in [0, 0.1) is 5.92 Å². The van der Waals surface area contributed by atoms with Crippen molar-refractivity contribution in [3.05, 3.63) is 29.8 Å². The molecule has 0 aliphatic heterocycles. The second-order valence-corrected chi connectivity index (χ2v) is 5.80. The van der Waals surface area contributed by atoms with Gasteiger partial charge in [-0.1, -0.05) is 31.9 Å². The monoisotopic (exact) mass is 246 g/mol. The van der Waals surface area contributed by atoms with Gasteiger partial charge in [0.15, 0.2) is 0 Å². The molecule has 1 aromatic carbocycles. The maximum atomic E-state index is 5.71. The highest BCUT2D eigenvalue weighted by Crippen LogP contribution is 2.27. The third kappa shape index (κ3) is 3.49. The van der Waals surface area contributed by atoms with Gasteiger partial charge in [-0.15, -0.1) is 0 Å². The highest BCUT2D eigenvalue weighted by molar-refractivity contribution is 5.39. The number of nitrogen functional groups attached to an aromatic ring is 1. The normalized spacial score (nSPS) is 24.4. The number of likely N-dealkylation sites (N-methyl/N-ethyl adjacent to an activating group) is 1. The van der Waals surface area contributed by atoms with Crippen LogP contribution in [0.15, 0.2) is 24.3 Å². The van der Waals surface area contributed by atoms with E-state index in [9.17, 15) is 0 Å². The molecule has 0 spiro atoms. The fourth-order valence-corrected chi connectivity index (χ4v) is 3.11. The molecule has 1 aliphatic rings. The zero-order chi connectivity index (χ0) is 13.0. The molecular formula is C16H26N2. The second kappa shape index (κ2) is 6.24. The van der Waals surface area contributed by atoms with E-state index in [-0.39, 0.29) is 0 Å². The Labute approximate surface area is 111 Å². The average molecular weight is 246 g/mol. The fourth-order valence-electron chi connectivity index (χ4n) is 3.11. The molecule has 1 saturated carbocycles. The Bertz CT molecular complexity index is 358. The summed E-state index contributed by atoms with van der Waals surface area (Å²) in [4.78, 5) is 2.56. The summed E-state index contributed by atoms with van der Waals surface area (Å²) in [5.41, 5.74) is 7.95. The molecular weight excluding hydrogens is 220 g/mol. The molecule has 2 unspecified atom stereocenters. The van der Waals surface area contributed by atoms with E-state index in [1.165, 1.54) is 31.2 Å². The van der Waals surface area contributed by atoms with Crippen LogP contribution in [0.3, 0.4) is 0 Å². The lowest BCUT2D eigenvalue weighted by Crippen LogP contribution is -2.39. The Morgan fingerprint density at radius 1 is 1.17 bits per heavy atom. The van der Waals surface area contributed by atoms with Gasteiger partial charge in [0.2, 0.25) is 0 Å². The number of rotatable bonds is 4. The van der Waals surface area contributed by atoms with Gasteiger partial charge in [-0.2, -0.15) is 0 Å². The van der Waals surface area contributed by atoms with Crippen molar-refractivity contribution in [2.45, 2.75) is 45.1 Å². The van der Waals surface area contributed by atoms with Crippen LogP contribution in [0.1, 0.15) is 38.2 Å². The summed E-state index contributed by atoms with van der Waals surface area (Å²) in [6.45, 7) is 3.56. The van der Waals surface area contributed by atoms with Gasteiger partial charge in [-0.3, -0.25) is 0 Å². The molecule has 2 heteroatoms. The van der Waals surface area contributed by atoms with Crippen LogP contribution in [-0.4, -0.2) is 24.5 Å². The second-order valence-electron chi connectivity index (χ2n) is 5.80. The van der Waals surface area contributed by atoms with Crippen molar-refractivity contribution in [2.75, 3.05) is 19.3 Å². The van der Waals surface area contributed by atoms with Gasteiger partial charge < -0.3 is 10.6 Å². The van der Waals surface area contributed by atoms with Crippen molar-refractivity contribution in [2.24, 2.45) is 5.92 Å². The molecule has 0 bridgehead atoms. The smallest absolute Gasteiger partial charge is 0.0314 e. The molecule has 1 fully saturated rings. The van der Waals surface area contributed by atoms with Crippen LogP contribution in [0.25, 0.3) is 0 Å². The van der Waals surface area contributed by atoms with Crippen molar-refractivity contribution in [1.82, 2.24) is 4.90 Å². The first-order chi connectivity index (χ1) is 8.66. The van der Waals surface area contributed by atoms with E-state index in [1.54, 1.807) is 0 Å². The van der Waals surface area contributed by atoms with Crippen molar-refractivity contribution in [3.8, 4) is 0 Å². The highest BCUT2D eigenvalue weighted by Gasteiger charge is 2.24. The number of anilines is 1. The van der Waals surface area contributed by atoms with Gasteiger partial charge in [0.25, 0.3) is 0 Å². The zero-order valence-corrected chi connectivity index (χ0v) is 11.7. The van der Waals surface area contributed by atoms with E-state index in [2.05, 4.69) is 31.0 Å². The van der Waals surface area contributed by atoms with Crippen LogP contribution in [0.2, 0.25) is 0 Å². The predicted octanol–water partition coefficient (Wildman–Crippen LogP) is 3.32. The van der Waals surface area contributed by atoms with E-state index in [1.807, 2.05) is 12.1 Å². The third-order valence-corrected chi connectivity index (χ3v) is 4.37. The number of hydrogen-bond acceptors (Lipinski definition) is 2. The van der Waals surface area contributed by atoms with E-state index in [0.717, 1.165) is 30.6 Å². The maximum absolute atomic E-state index is 5.71. The Hall–Kier alpha value is -1.02. The van der Waals surface area contributed by atoms with Crippen LogP contribution >= 0.6 is 0 Å². The Balaban J connectivity index is 1.83. The lowest BCUT2D eigenvalue weighted by molar-refractivity contribution is 0.141. The van der Waals surface area contributed by atoms with Crippen molar-refractivity contribution in [3.63, 3.8) is 0 Å². The summed E-state index contributed by atoms with van der Waals surface area (Å²) >= 11 is 0. The SMILES string of the molecule is CC1CCCCC1N(C)CCc1ccc(N)cc1. The summed E-state index contributed by atoms with van der Waals surface area (Å²) in [6, 6.07) is 9.07. The summed E-state index contributed by atoms with van der Waals surface area (Å²) in [7, 11) is 2.28. The summed E-state index contributed by atoms with van der Waals surface area (Å²) in [5, 5.41) is 0. The minimum atomic E-state index is 0.785. The fraction of sp³-hybridized carbons (Fsp3) is 0.625. The molecule has 1 aromatic rings. The number of benzene rings is 1. The topological polar surface area (TPSA) is 29.3 Å². The quantitative estimate of drug-likeness (QED) is 0.826. The highest BCUT2D eigenvalue weighted by atomic mass is 15.1. The molecule has 1 aliphatic carbocycles. The maximum Gasteiger partial charge on any atom is 0.0314 e. The Morgan fingerprint density at radius 2 is 1.83 bits per heavy atom. The van der Waals surface area contributed by atoms with Crippen LogP contribution < -0.4 is 5.73 Å². The molecule has 100 valence electrons. The van der Waals surface area contributed by atoms with Gasteiger partial charge in [-0.05, 0) is 49.9 Å². The summed E-state index contributed by atoms with van der Waals surface area (Å²) in [5.74, 6) is 0.857. The lowest BCUT2D eigenvalue weighted by Gasteiger charge is -2.36. The standard InChI is InChI=1S/C16H26N2/c1-13-5-3-4-6-16(13)18(2)12-11-14-7-9-15(17)10-8-14/h7-10,13,16H,3-6,11-12,17H2,1-2H3. The Kier molecular flexibility index (Phi) is 4.65. The first kappa shape index (κ1) is 13.4. The minimum absolute atomic E-state index is 0.785. The van der Waals surface area contributed by atoms with Gasteiger partial charge in [0.05, 0.1) is 0 Å². The molecule has 2 nitrogen and oxygen atoms in total. The van der Waals surface area contributed by atoms with Crippen LogP contribution in [0.5, 0.6) is 0 Å². The minimum Gasteiger partial charge on any atom is -0.399 e. The van der Waals surface area contributed by atoms with Gasteiger partial charge in [-0.25, -0.2) is 0 Å². The van der Waals surface area contributed by atoms with Gasteiger partial charge >= 0.3 is 0 Å². The van der Waals surface area contributed by atoms with E-state index in [0.29, 0.717) is 0 Å². The molecule has 2 atom stereocenters. The predicted molar refractivity (Wildman–Crippen MR) is 78.6 cm³/mol.